The zero-order valence-electron chi connectivity index (χ0n) is 10.3. The molecule has 1 unspecified atom stereocenters. The maximum atomic E-state index is 12.1. The monoisotopic (exact) mass is 272 g/mol. The highest BCUT2D eigenvalue weighted by Gasteiger charge is 2.32. The van der Waals surface area contributed by atoms with Gasteiger partial charge in [-0.15, -0.1) is 0 Å². The first-order valence-electron chi connectivity index (χ1n) is 6.09. The van der Waals surface area contributed by atoms with Crippen LogP contribution < -0.4 is 11.1 Å². The molecule has 3 N–H and O–H groups in total. The number of amides is 1. The number of halogens is 3. The minimum atomic E-state index is -4.47. The van der Waals surface area contributed by atoms with Gasteiger partial charge in [0.15, 0.2) is 0 Å². The Bertz CT molecular complexity index is 485. The number of hydrogen-bond acceptors (Lipinski definition) is 2. The summed E-state index contributed by atoms with van der Waals surface area (Å²) in [7, 11) is 0. The zero-order valence-corrected chi connectivity index (χ0v) is 10.3. The molecule has 0 spiro atoms. The van der Waals surface area contributed by atoms with Gasteiger partial charge in [0.05, 0.1) is 6.04 Å². The van der Waals surface area contributed by atoms with Crippen LogP contribution in [0.1, 0.15) is 36.4 Å². The number of hydrogen-bond donors (Lipinski definition) is 2. The minimum Gasteiger partial charge on any atom is -0.399 e. The van der Waals surface area contributed by atoms with Crippen LogP contribution in [-0.2, 0) is 11.2 Å². The number of alkyl halides is 3. The molecular weight excluding hydrogens is 257 g/mol. The second-order valence-corrected chi connectivity index (χ2v) is 4.76. The molecule has 1 aliphatic rings. The van der Waals surface area contributed by atoms with Crippen LogP contribution in [0.2, 0.25) is 0 Å². The number of nitrogens with one attached hydrogen (secondary N) is 1. The Balaban J connectivity index is 2.09. The largest absolute Gasteiger partial charge is 0.399 e. The van der Waals surface area contributed by atoms with Crippen molar-refractivity contribution in [1.29, 1.82) is 0 Å². The molecule has 0 bridgehead atoms. The molecule has 104 valence electrons. The van der Waals surface area contributed by atoms with Crippen LogP contribution in [0.15, 0.2) is 18.2 Å². The molecule has 1 aromatic carbocycles. The van der Waals surface area contributed by atoms with E-state index in [4.69, 9.17) is 5.73 Å². The molecule has 1 aromatic rings. The minimum absolute atomic E-state index is 0.348. The van der Waals surface area contributed by atoms with Gasteiger partial charge in [0.2, 0.25) is 5.91 Å². The molecule has 1 aliphatic carbocycles. The lowest BCUT2D eigenvalue weighted by molar-refractivity contribution is -0.154. The van der Waals surface area contributed by atoms with E-state index in [9.17, 15) is 18.0 Å². The maximum absolute atomic E-state index is 12.1. The van der Waals surface area contributed by atoms with Crippen LogP contribution in [0.25, 0.3) is 0 Å². The van der Waals surface area contributed by atoms with E-state index >= 15 is 0 Å². The maximum Gasteiger partial charge on any atom is 0.397 e. The number of nitrogens with two attached hydrogens (primary N) is 1. The molecule has 0 saturated heterocycles. The molecule has 0 fully saturated rings. The number of benzene rings is 1. The summed E-state index contributed by atoms with van der Waals surface area (Å²) >= 11 is 0. The first kappa shape index (κ1) is 13.7. The third-order valence-electron chi connectivity index (χ3n) is 3.18. The second-order valence-electron chi connectivity index (χ2n) is 4.76. The van der Waals surface area contributed by atoms with Crippen LogP contribution >= 0.6 is 0 Å². The van der Waals surface area contributed by atoms with E-state index in [1.807, 2.05) is 6.07 Å². The van der Waals surface area contributed by atoms with Crippen molar-refractivity contribution in [2.45, 2.75) is 37.9 Å². The Morgan fingerprint density at radius 2 is 2.16 bits per heavy atom. The van der Waals surface area contributed by atoms with Gasteiger partial charge in [-0.3, -0.25) is 4.79 Å². The first-order chi connectivity index (χ1) is 8.85. The lowest BCUT2D eigenvalue weighted by atomic mass is 9.87. The van der Waals surface area contributed by atoms with Crippen molar-refractivity contribution < 1.29 is 18.0 Å². The Morgan fingerprint density at radius 3 is 2.84 bits per heavy atom. The molecule has 2 rings (SSSR count). The van der Waals surface area contributed by atoms with Crippen molar-refractivity contribution in [2.75, 3.05) is 5.73 Å². The quantitative estimate of drug-likeness (QED) is 0.813. The summed E-state index contributed by atoms with van der Waals surface area (Å²) in [6, 6.07) is 4.95. The Labute approximate surface area is 109 Å². The van der Waals surface area contributed by atoms with Gasteiger partial charge in [-0.25, -0.2) is 0 Å². The van der Waals surface area contributed by atoms with E-state index in [1.165, 1.54) is 0 Å². The van der Waals surface area contributed by atoms with Crippen molar-refractivity contribution >= 4 is 11.6 Å². The topological polar surface area (TPSA) is 55.1 Å². The second kappa shape index (κ2) is 5.11. The van der Waals surface area contributed by atoms with Crippen molar-refractivity contribution in [3.05, 3.63) is 29.3 Å². The number of carbonyl (C=O) groups is 1. The van der Waals surface area contributed by atoms with E-state index in [-0.39, 0.29) is 6.04 Å². The summed E-state index contributed by atoms with van der Waals surface area (Å²) in [5, 5.41) is 2.45. The molecule has 19 heavy (non-hydrogen) atoms. The van der Waals surface area contributed by atoms with Crippen molar-refractivity contribution in [1.82, 2.24) is 5.32 Å². The number of carbonyl (C=O) groups excluding carboxylic acids is 1. The summed E-state index contributed by atoms with van der Waals surface area (Å²) in [6.07, 6.45) is -3.59. The Morgan fingerprint density at radius 1 is 1.42 bits per heavy atom. The van der Waals surface area contributed by atoms with Crippen LogP contribution in [0.4, 0.5) is 18.9 Å². The summed E-state index contributed by atoms with van der Waals surface area (Å²) < 4.78 is 36.4. The highest BCUT2D eigenvalue weighted by molar-refractivity contribution is 5.77. The summed E-state index contributed by atoms with van der Waals surface area (Å²) in [5.74, 6) is -0.984. The molecule has 0 heterocycles. The number of aryl methyl sites for hydroxylation is 1. The highest BCUT2D eigenvalue weighted by atomic mass is 19.4. The molecule has 0 saturated carbocycles. The van der Waals surface area contributed by atoms with E-state index in [0.717, 1.165) is 24.0 Å². The van der Waals surface area contributed by atoms with Crippen LogP contribution in [0.3, 0.4) is 0 Å². The fourth-order valence-electron chi connectivity index (χ4n) is 2.41. The van der Waals surface area contributed by atoms with Gasteiger partial charge in [0.25, 0.3) is 0 Å². The Kier molecular flexibility index (Phi) is 3.68. The van der Waals surface area contributed by atoms with Gasteiger partial charge < -0.3 is 11.1 Å². The van der Waals surface area contributed by atoms with E-state index in [1.54, 1.807) is 12.1 Å². The molecule has 6 heteroatoms. The third kappa shape index (κ3) is 3.62. The van der Waals surface area contributed by atoms with Crippen LogP contribution in [0, 0.1) is 0 Å². The van der Waals surface area contributed by atoms with Gasteiger partial charge in [-0.05, 0) is 42.5 Å². The third-order valence-corrected chi connectivity index (χ3v) is 3.18. The van der Waals surface area contributed by atoms with Gasteiger partial charge in [-0.1, -0.05) is 6.07 Å². The normalized spacial score (nSPS) is 18.8. The smallest absolute Gasteiger partial charge is 0.397 e. The Hall–Kier alpha value is -1.72. The van der Waals surface area contributed by atoms with Crippen molar-refractivity contribution in [3.63, 3.8) is 0 Å². The average Bonchev–Trinajstić information content (AvgIpc) is 2.26. The number of anilines is 1. The number of nitrogen functional groups attached to an aromatic ring is 1. The predicted octanol–water partition coefficient (Wildman–Crippen LogP) is 2.71. The standard InChI is InChI=1S/C13H15F3N2O/c14-13(15,16)7-12(19)18-11-3-1-2-8-6-9(17)4-5-10(8)11/h4-6,11H,1-3,7,17H2,(H,18,19). The average molecular weight is 272 g/mol. The lowest BCUT2D eigenvalue weighted by Crippen LogP contribution is -2.33. The van der Waals surface area contributed by atoms with Crippen molar-refractivity contribution in [2.24, 2.45) is 0 Å². The molecule has 0 radical (unpaired) electrons. The molecular formula is C13H15F3N2O. The van der Waals surface area contributed by atoms with E-state index < -0.39 is 18.5 Å². The van der Waals surface area contributed by atoms with Crippen LogP contribution in [-0.4, -0.2) is 12.1 Å². The molecule has 0 aromatic heterocycles. The fraction of sp³-hybridized carbons (Fsp3) is 0.462. The van der Waals surface area contributed by atoms with Gasteiger partial charge in [-0.2, -0.15) is 13.2 Å². The predicted molar refractivity (Wildman–Crippen MR) is 65.3 cm³/mol. The van der Waals surface area contributed by atoms with Gasteiger partial charge in [0.1, 0.15) is 6.42 Å². The van der Waals surface area contributed by atoms with Crippen LogP contribution in [0.5, 0.6) is 0 Å². The molecule has 3 nitrogen and oxygen atoms in total. The van der Waals surface area contributed by atoms with Crippen molar-refractivity contribution in [3.8, 4) is 0 Å². The summed E-state index contributed by atoms with van der Waals surface area (Å²) in [5.41, 5.74) is 8.18. The fourth-order valence-corrected chi connectivity index (χ4v) is 2.41. The van der Waals surface area contributed by atoms with Gasteiger partial charge >= 0.3 is 6.18 Å². The number of fused-ring (bicyclic) bond motifs is 1. The first-order valence-corrected chi connectivity index (χ1v) is 6.09. The van der Waals surface area contributed by atoms with E-state index in [0.29, 0.717) is 12.1 Å². The molecule has 1 amide bonds. The lowest BCUT2D eigenvalue weighted by Gasteiger charge is -2.26. The van der Waals surface area contributed by atoms with E-state index in [2.05, 4.69) is 5.32 Å². The highest BCUT2D eigenvalue weighted by Crippen LogP contribution is 2.31. The van der Waals surface area contributed by atoms with Gasteiger partial charge in [0, 0.05) is 5.69 Å². The summed E-state index contributed by atoms with van der Waals surface area (Å²) in [6.45, 7) is 0. The number of rotatable bonds is 2. The molecule has 1 atom stereocenters. The molecule has 0 aliphatic heterocycles. The zero-order chi connectivity index (χ0) is 14.0. The SMILES string of the molecule is Nc1ccc2c(c1)CCCC2NC(=O)CC(F)(F)F. The summed E-state index contributed by atoms with van der Waals surface area (Å²) in [4.78, 5) is 11.3.